The van der Waals surface area contributed by atoms with Gasteiger partial charge in [-0.3, -0.25) is 20.8 Å². The first-order valence-electron chi connectivity index (χ1n) is 5.84. The van der Waals surface area contributed by atoms with Crippen LogP contribution in [-0.4, -0.2) is 10.8 Å². The first kappa shape index (κ1) is 14.8. The molecule has 1 amide bonds. The smallest absolute Gasteiger partial charge is 0.294 e. The number of carbonyl (C=O) groups excluding carboxylic acids is 1. The molecular weight excluding hydrogens is 296 g/mol. The summed E-state index contributed by atoms with van der Waals surface area (Å²) in [6.07, 6.45) is 0. The lowest BCUT2D eigenvalue weighted by Crippen LogP contribution is -2.18. The molecule has 2 aromatic rings. The van der Waals surface area contributed by atoms with Crippen LogP contribution in [0.15, 0.2) is 42.5 Å². The number of amides is 1. The molecule has 21 heavy (non-hydrogen) atoms. The predicted molar refractivity (Wildman–Crippen MR) is 80.3 cm³/mol. The van der Waals surface area contributed by atoms with E-state index in [9.17, 15) is 14.9 Å². The third-order valence-corrected chi connectivity index (χ3v) is 2.95. The summed E-state index contributed by atoms with van der Waals surface area (Å²) < 4.78 is 0. The maximum Gasteiger partial charge on any atom is 0.294 e. The number of nitrogens with zero attached hydrogens (tertiary/aromatic N) is 1. The number of nitrogen functional groups attached to an aromatic ring is 1. The van der Waals surface area contributed by atoms with Crippen LogP contribution in [-0.2, 0) is 0 Å². The summed E-state index contributed by atoms with van der Waals surface area (Å²) in [7, 11) is 0. The second kappa shape index (κ2) is 6.21. The van der Waals surface area contributed by atoms with Gasteiger partial charge in [-0.05, 0) is 24.3 Å². The van der Waals surface area contributed by atoms with Gasteiger partial charge in [0.05, 0.1) is 10.5 Å². The molecule has 2 aromatic carbocycles. The van der Waals surface area contributed by atoms with Gasteiger partial charge in [-0.1, -0.05) is 23.7 Å². The quantitative estimate of drug-likeness (QED) is 0.457. The van der Waals surface area contributed by atoms with Gasteiger partial charge in [0.1, 0.15) is 5.69 Å². The summed E-state index contributed by atoms with van der Waals surface area (Å²) in [6.45, 7) is 0. The number of hydrogen-bond acceptors (Lipinski definition) is 5. The van der Waals surface area contributed by atoms with Gasteiger partial charge in [-0.25, -0.2) is 0 Å². The van der Waals surface area contributed by atoms with Gasteiger partial charge in [0.2, 0.25) is 0 Å². The molecule has 0 saturated carbocycles. The van der Waals surface area contributed by atoms with Crippen LogP contribution in [0, 0.1) is 10.1 Å². The molecule has 8 heteroatoms. The second-order valence-electron chi connectivity index (χ2n) is 4.07. The molecular formula is C13H11ClN4O3. The highest BCUT2D eigenvalue weighted by atomic mass is 35.5. The van der Waals surface area contributed by atoms with Crippen LogP contribution < -0.4 is 16.6 Å². The van der Waals surface area contributed by atoms with E-state index in [4.69, 9.17) is 17.4 Å². The second-order valence-corrected chi connectivity index (χ2v) is 4.50. The van der Waals surface area contributed by atoms with Crippen molar-refractivity contribution in [2.75, 3.05) is 10.7 Å². The minimum atomic E-state index is -0.620. The molecule has 0 atom stereocenters. The van der Waals surface area contributed by atoms with Crippen molar-refractivity contribution in [2.24, 2.45) is 5.84 Å². The van der Waals surface area contributed by atoms with Crippen LogP contribution >= 0.6 is 11.6 Å². The highest BCUT2D eigenvalue weighted by Gasteiger charge is 2.20. The molecule has 0 radical (unpaired) electrons. The number of nitro benzene ring substituents is 1. The summed E-state index contributed by atoms with van der Waals surface area (Å²) in [5, 5.41) is 14.0. The topological polar surface area (TPSA) is 110 Å². The van der Waals surface area contributed by atoms with Crippen molar-refractivity contribution in [3.8, 4) is 0 Å². The van der Waals surface area contributed by atoms with Crippen LogP contribution in [0.3, 0.4) is 0 Å². The third-order valence-electron chi connectivity index (χ3n) is 2.71. The Hall–Kier alpha value is -2.64. The SMILES string of the molecule is NNc1c(C(=O)Nc2cccc(Cl)c2)cccc1[N+](=O)[O-]. The highest BCUT2D eigenvalue weighted by molar-refractivity contribution is 6.31. The summed E-state index contributed by atoms with van der Waals surface area (Å²) in [5.74, 6) is 4.76. The van der Waals surface area contributed by atoms with E-state index >= 15 is 0 Å². The molecule has 4 N–H and O–H groups in total. The first-order chi connectivity index (χ1) is 10.0. The number of hydrogen-bond donors (Lipinski definition) is 3. The van der Waals surface area contributed by atoms with Gasteiger partial charge in [-0.2, -0.15) is 0 Å². The lowest BCUT2D eigenvalue weighted by Gasteiger charge is -2.10. The number of halogens is 1. The number of nitrogens with one attached hydrogen (secondary N) is 2. The number of nitro groups is 1. The van der Waals surface area contributed by atoms with E-state index in [1.54, 1.807) is 24.3 Å². The van der Waals surface area contributed by atoms with E-state index in [1.807, 2.05) is 0 Å². The Morgan fingerprint density at radius 2 is 1.95 bits per heavy atom. The van der Waals surface area contributed by atoms with E-state index in [-0.39, 0.29) is 16.9 Å². The molecule has 0 aliphatic carbocycles. The van der Waals surface area contributed by atoms with Gasteiger partial charge in [0, 0.05) is 16.8 Å². The molecule has 0 bridgehead atoms. The van der Waals surface area contributed by atoms with E-state index in [0.717, 1.165) is 0 Å². The van der Waals surface area contributed by atoms with Crippen LogP contribution in [0.4, 0.5) is 17.1 Å². The Morgan fingerprint density at radius 3 is 2.57 bits per heavy atom. The molecule has 0 fully saturated rings. The van der Waals surface area contributed by atoms with E-state index in [0.29, 0.717) is 10.7 Å². The number of benzene rings is 2. The normalized spacial score (nSPS) is 10.0. The Balaban J connectivity index is 2.35. The van der Waals surface area contributed by atoms with Crippen LogP contribution in [0.25, 0.3) is 0 Å². The average molecular weight is 307 g/mol. The summed E-state index contributed by atoms with van der Waals surface area (Å²) >= 11 is 5.83. The largest absolute Gasteiger partial charge is 0.322 e. The van der Waals surface area contributed by atoms with E-state index in [1.165, 1.54) is 18.2 Å². The molecule has 108 valence electrons. The lowest BCUT2D eigenvalue weighted by molar-refractivity contribution is -0.384. The average Bonchev–Trinajstić information content (AvgIpc) is 2.46. The summed E-state index contributed by atoms with van der Waals surface area (Å²) in [5.41, 5.74) is 2.40. The number of carbonyl (C=O) groups is 1. The number of nitrogens with two attached hydrogens (primary N) is 1. The molecule has 0 saturated heterocycles. The zero-order chi connectivity index (χ0) is 15.4. The zero-order valence-corrected chi connectivity index (χ0v) is 11.4. The summed E-state index contributed by atoms with van der Waals surface area (Å²) in [6, 6.07) is 10.6. The third kappa shape index (κ3) is 3.28. The van der Waals surface area contributed by atoms with Crippen molar-refractivity contribution in [3.63, 3.8) is 0 Å². The van der Waals surface area contributed by atoms with Crippen molar-refractivity contribution >= 4 is 34.6 Å². The number of para-hydroxylation sites is 1. The minimum absolute atomic E-state index is 0.0537. The molecule has 7 nitrogen and oxygen atoms in total. The fourth-order valence-electron chi connectivity index (χ4n) is 1.80. The molecule has 0 unspecified atom stereocenters. The number of anilines is 2. The van der Waals surface area contributed by atoms with Crippen LogP contribution in [0.5, 0.6) is 0 Å². The van der Waals surface area contributed by atoms with E-state index in [2.05, 4.69) is 10.7 Å². The fraction of sp³-hybridized carbons (Fsp3) is 0. The molecule has 0 aliphatic rings. The predicted octanol–water partition coefficient (Wildman–Crippen LogP) is 2.79. The number of hydrazine groups is 1. The van der Waals surface area contributed by atoms with Crippen molar-refractivity contribution < 1.29 is 9.72 Å². The summed E-state index contributed by atoms with van der Waals surface area (Å²) in [4.78, 5) is 22.5. The standard InChI is InChI=1S/C13H11ClN4O3/c14-8-3-1-4-9(7-8)16-13(19)10-5-2-6-11(18(20)21)12(10)17-15/h1-7,17H,15H2,(H,16,19). The fourth-order valence-corrected chi connectivity index (χ4v) is 1.99. The van der Waals surface area contributed by atoms with Gasteiger partial charge < -0.3 is 10.7 Å². The Morgan fingerprint density at radius 1 is 1.24 bits per heavy atom. The van der Waals surface area contributed by atoms with Gasteiger partial charge in [0.25, 0.3) is 11.6 Å². The van der Waals surface area contributed by atoms with Gasteiger partial charge in [-0.15, -0.1) is 0 Å². The Bertz CT molecular complexity index is 706. The van der Waals surface area contributed by atoms with Crippen molar-refractivity contribution in [2.45, 2.75) is 0 Å². The molecule has 2 rings (SSSR count). The van der Waals surface area contributed by atoms with Crippen molar-refractivity contribution in [1.82, 2.24) is 0 Å². The van der Waals surface area contributed by atoms with Gasteiger partial charge in [0.15, 0.2) is 0 Å². The maximum absolute atomic E-state index is 12.2. The Labute approximate surface area is 124 Å². The number of rotatable bonds is 4. The van der Waals surface area contributed by atoms with Crippen LogP contribution in [0.1, 0.15) is 10.4 Å². The zero-order valence-electron chi connectivity index (χ0n) is 10.7. The van der Waals surface area contributed by atoms with Crippen molar-refractivity contribution in [3.05, 3.63) is 63.2 Å². The molecule has 0 aliphatic heterocycles. The maximum atomic E-state index is 12.2. The first-order valence-corrected chi connectivity index (χ1v) is 6.21. The monoisotopic (exact) mass is 306 g/mol. The molecule has 0 spiro atoms. The minimum Gasteiger partial charge on any atom is -0.322 e. The van der Waals surface area contributed by atoms with E-state index < -0.39 is 10.8 Å². The Kier molecular flexibility index (Phi) is 4.36. The van der Waals surface area contributed by atoms with Crippen molar-refractivity contribution in [1.29, 1.82) is 0 Å². The van der Waals surface area contributed by atoms with Crippen LogP contribution in [0.2, 0.25) is 5.02 Å². The molecule has 0 heterocycles. The highest BCUT2D eigenvalue weighted by Crippen LogP contribution is 2.28. The van der Waals surface area contributed by atoms with Gasteiger partial charge >= 0.3 is 0 Å². The lowest BCUT2D eigenvalue weighted by atomic mass is 10.1. The molecule has 0 aromatic heterocycles.